The van der Waals surface area contributed by atoms with Crippen LogP contribution < -0.4 is 5.32 Å². The molecule has 3 heterocycles. The first-order valence-electron chi connectivity index (χ1n) is 10.4. The van der Waals surface area contributed by atoms with E-state index in [0.717, 1.165) is 16.6 Å². The molecule has 3 aromatic rings. The quantitative estimate of drug-likeness (QED) is 0.310. The fraction of sp³-hybridized carbons (Fsp3) is 0.318. The van der Waals surface area contributed by atoms with Gasteiger partial charge in [0.15, 0.2) is 0 Å². The normalized spacial score (nSPS) is 23.0. The zero-order chi connectivity index (χ0) is 24.8. The largest absolute Gasteiger partial charge is 0.480 e. The van der Waals surface area contributed by atoms with Gasteiger partial charge in [-0.3, -0.25) is 9.35 Å². The van der Waals surface area contributed by atoms with Crippen molar-refractivity contribution in [3.8, 4) is 0 Å². The molecule has 2 aliphatic heterocycles. The van der Waals surface area contributed by atoms with Gasteiger partial charge in [-0.1, -0.05) is 29.8 Å². The fourth-order valence-electron chi connectivity index (χ4n) is 4.02. The van der Waals surface area contributed by atoms with Gasteiger partial charge in [-0.15, -0.1) is 11.8 Å². The molecular formula is C22H24N4O6S2. The summed E-state index contributed by atoms with van der Waals surface area (Å²) >= 11 is 1.51. The van der Waals surface area contributed by atoms with Crippen molar-refractivity contribution < 1.29 is 27.7 Å². The number of aromatic amines is 1. The van der Waals surface area contributed by atoms with Crippen LogP contribution in [0.2, 0.25) is 0 Å². The van der Waals surface area contributed by atoms with Gasteiger partial charge >= 0.3 is 5.97 Å². The predicted molar refractivity (Wildman–Crippen MR) is 128 cm³/mol. The number of benzene rings is 2. The van der Waals surface area contributed by atoms with Crippen LogP contribution in [0.15, 0.2) is 53.4 Å². The summed E-state index contributed by atoms with van der Waals surface area (Å²) in [5.41, 5.74) is 2.67. The molecule has 3 atom stereocenters. The first-order chi connectivity index (χ1) is 15.9. The van der Waals surface area contributed by atoms with Gasteiger partial charge in [-0.2, -0.15) is 8.42 Å². The van der Waals surface area contributed by atoms with E-state index in [1.54, 1.807) is 12.1 Å². The summed E-state index contributed by atoms with van der Waals surface area (Å²) in [5, 5.41) is 12.3. The van der Waals surface area contributed by atoms with E-state index in [4.69, 9.17) is 4.55 Å². The number of β-lactam (4-membered cyclic amide) rings is 1. The molecule has 0 bridgehead atoms. The molecule has 0 aliphatic carbocycles. The van der Waals surface area contributed by atoms with E-state index in [0.29, 0.717) is 5.95 Å². The maximum absolute atomic E-state index is 12.4. The number of fused-ring (bicyclic) bond motifs is 2. The molecule has 4 N–H and O–H groups in total. The summed E-state index contributed by atoms with van der Waals surface area (Å²) in [6.07, 6.45) is 0. The summed E-state index contributed by atoms with van der Waals surface area (Å²) in [4.78, 5) is 32.8. The number of carboxylic acid groups (broad SMARTS) is 1. The number of carboxylic acids is 1. The van der Waals surface area contributed by atoms with Gasteiger partial charge in [0.2, 0.25) is 11.9 Å². The molecule has 2 unspecified atom stereocenters. The fourth-order valence-corrected chi connectivity index (χ4v) is 6.13. The highest BCUT2D eigenvalue weighted by atomic mass is 32.2. The monoisotopic (exact) mass is 504 g/mol. The molecule has 2 fully saturated rings. The number of aromatic nitrogens is 2. The standard InChI is InChI=1S/C15H16N4O3S.C7H8O3S/c1-15(2)10(13(21)22)19-11(20)9(12(19)23-15)18-14-16-7-5-3-4-6-8(7)17-14;1-6-2-4-7(5-3-6)11(8,9)10/h3-6,9-10,12H,1-2H3,(H,21,22)(H2,16,17,18);2-5H,1H3,(H,8,9,10)/t9?,10?,12-;/m1./s1. The average Bonchev–Trinajstić information content (AvgIpc) is 3.28. The number of para-hydroxylation sites is 2. The highest BCUT2D eigenvalue weighted by Gasteiger charge is 2.64. The third-order valence-corrected chi connectivity index (χ3v) is 8.11. The maximum atomic E-state index is 12.4. The summed E-state index contributed by atoms with van der Waals surface area (Å²) < 4.78 is 29.0. The third kappa shape index (κ3) is 4.48. The topological polar surface area (TPSA) is 153 Å². The molecule has 180 valence electrons. The summed E-state index contributed by atoms with van der Waals surface area (Å²) in [5.74, 6) is -0.622. The van der Waals surface area contributed by atoms with Crippen LogP contribution in [0.3, 0.4) is 0 Å². The van der Waals surface area contributed by atoms with E-state index in [2.05, 4.69) is 15.3 Å². The number of carbonyl (C=O) groups excluding carboxylic acids is 1. The number of hydrogen-bond acceptors (Lipinski definition) is 7. The molecule has 10 nitrogen and oxygen atoms in total. The Kier molecular flexibility index (Phi) is 6.08. The Bertz CT molecular complexity index is 1320. The Morgan fingerprint density at radius 2 is 1.82 bits per heavy atom. The number of amides is 1. The van der Waals surface area contributed by atoms with E-state index >= 15 is 0 Å². The number of nitrogens with one attached hydrogen (secondary N) is 2. The van der Waals surface area contributed by atoms with Crippen LogP contribution in [0.4, 0.5) is 5.95 Å². The van der Waals surface area contributed by atoms with Crippen LogP contribution in [0, 0.1) is 6.92 Å². The van der Waals surface area contributed by atoms with Crippen molar-refractivity contribution in [3.63, 3.8) is 0 Å². The van der Waals surface area contributed by atoms with Crippen molar-refractivity contribution in [3.05, 3.63) is 54.1 Å². The lowest BCUT2D eigenvalue weighted by atomic mass is 9.96. The number of H-pyrrole nitrogens is 1. The Hall–Kier alpha value is -3.09. The maximum Gasteiger partial charge on any atom is 0.327 e. The molecule has 1 aromatic heterocycles. The Labute approximate surface area is 200 Å². The first-order valence-corrected chi connectivity index (χ1v) is 12.7. The number of imidazole rings is 1. The molecule has 2 saturated heterocycles. The number of aliphatic carboxylic acids is 1. The van der Waals surface area contributed by atoms with Gasteiger partial charge in [-0.25, -0.2) is 9.78 Å². The molecule has 0 saturated carbocycles. The minimum atomic E-state index is -4.02. The molecule has 0 spiro atoms. The van der Waals surface area contributed by atoms with Crippen LogP contribution in [-0.4, -0.2) is 67.0 Å². The smallest absolute Gasteiger partial charge is 0.327 e. The zero-order valence-electron chi connectivity index (χ0n) is 18.6. The van der Waals surface area contributed by atoms with Crippen molar-refractivity contribution in [2.45, 2.75) is 47.9 Å². The van der Waals surface area contributed by atoms with Gasteiger partial charge in [-0.05, 0) is 45.0 Å². The van der Waals surface area contributed by atoms with Crippen LogP contribution in [0.25, 0.3) is 11.0 Å². The van der Waals surface area contributed by atoms with E-state index < -0.39 is 32.9 Å². The number of aryl methyl sites for hydroxylation is 1. The Morgan fingerprint density at radius 3 is 2.41 bits per heavy atom. The van der Waals surface area contributed by atoms with Gasteiger partial charge in [0.25, 0.3) is 10.1 Å². The van der Waals surface area contributed by atoms with Crippen LogP contribution in [-0.2, 0) is 19.7 Å². The summed E-state index contributed by atoms with van der Waals surface area (Å²) in [6.45, 7) is 5.56. The molecular weight excluding hydrogens is 480 g/mol. The molecule has 1 amide bonds. The molecule has 2 aromatic carbocycles. The van der Waals surface area contributed by atoms with Crippen molar-refractivity contribution in [2.24, 2.45) is 0 Å². The number of hydrogen-bond donors (Lipinski definition) is 4. The number of thioether (sulfide) groups is 1. The first kappa shape index (κ1) is 24.0. The van der Waals surface area contributed by atoms with E-state index in [-0.39, 0.29) is 16.2 Å². The van der Waals surface area contributed by atoms with Crippen LogP contribution in [0.5, 0.6) is 0 Å². The highest BCUT2D eigenvalue weighted by Crippen LogP contribution is 2.51. The third-order valence-electron chi connectivity index (χ3n) is 5.68. The average molecular weight is 505 g/mol. The minimum Gasteiger partial charge on any atom is -0.480 e. The molecule has 34 heavy (non-hydrogen) atoms. The van der Waals surface area contributed by atoms with Gasteiger partial charge in [0.05, 0.1) is 15.9 Å². The van der Waals surface area contributed by atoms with E-state index in [9.17, 15) is 23.1 Å². The lowest BCUT2D eigenvalue weighted by Gasteiger charge is -2.43. The number of carbonyl (C=O) groups is 2. The molecule has 2 aliphatic rings. The van der Waals surface area contributed by atoms with E-state index in [1.807, 2.05) is 45.0 Å². The SMILES string of the molecule is CC1(C)S[C@@H]2C(Nc3nc4ccccc4[nH]3)C(=O)N2C1C(=O)O.Cc1ccc(S(=O)(=O)O)cc1. The Morgan fingerprint density at radius 1 is 1.18 bits per heavy atom. The number of anilines is 1. The van der Waals surface area contributed by atoms with Gasteiger partial charge in [0, 0.05) is 4.75 Å². The minimum absolute atomic E-state index is 0.0666. The number of nitrogens with zero attached hydrogens (tertiary/aromatic N) is 2. The lowest BCUT2D eigenvalue weighted by Crippen LogP contribution is -2.68. The summed E-state index contributed by atoms with van der Waals surface area (Å²) in [7, 11) is -4.02. The van der Waals surface area contributed by atoms with Crippen LogP contribution >= 0.6 is 11.8 Å². The second-order valence-corrected chi connectivity index (χ2v) is 11.8. The highest BCUT2D eigenvalue weighted by molar-refractivity contribution is 8.01. The Balaban J connectivity index is 0.000000210. The predicted octanol–water partition coefficient (Wildman–Crippen LogP) is 2.73. The second kappa shape index (κ2) is 8.60. The van der Waals surface area contributed by atoms with Crippen LogP contribution in [0.1, 0.15) is 19.4 Å². The van der Waals surface area contributed by atoms with Crippen molar-refractivity contribution >= 4 is 50.7 Å². The van der Waals surface area contributed by atoms with Crippen molar-refractivity contribution in [1.29, 1.82) is 0 Å². The number of rotatable bonds is 4. The molecule has 12 heteroatoms. The molecule has 5 rings (SSSR count). The molecule has 0 radical (unpaired) electrons. The van der Waals surface area contributed by atoms with Crippen molar-refractivity contribution in [1.82, 2.24) is 14.9 Å². The van der Waals surface area contributed by atoms with Gasteiger partial charge in [0.1, 0.15) is 17.5 Å². The van der Waals surface area contributed by atoms with E-state index in [1.165, 1.54) is 28.8 Å². The zero-order valence-corrected chi connectivity index (χ0v) is 20.2. The summed E-state index contributed by atoms with van der Waals surface area (Å²) in [6, 6.07) is 12.4. The second-order valence-electron chi connectivity index (χ2n) is 8.61. The van der Waals surface area contributed by atoms with Crippen molar-refractivity contribution in [2.75, 3.05) is 5.32 Å². The van der Waals surface area contributed by atoms with Gasteiger partial charge < -0.3 is 20.3 Å². The lowest BCUT2D eigenvalue weighted by molar-refractivity contribution is -0.158.